The number of hydrogen-bond acceptors (Lipinski definition) is 3. The van der Waals surface area contributed by atoms with Crippen LogP contribution in [0, 0.1) is 0 Å². The lowest BCUT2D eigenvalue weighted by Gasteiger charge is -2.14. The van der Waals surface area contributed by atoms with Crippen LogP contribution < -0.4 is 10.6 Å². The Labute approximate surface area is 112 Å². The van der Waals surface area contributed by atoms with E-state index in [2.05, 4.69) is 17.6 Å². The summed E-state index contributed by atoms with van der Waals surface area (Å²) in [7, 11) is 1.62. The Kier molecular flexibility index (Phi) is 4.23. The number of anilines is 1. The zero-order chi connectivity index (χ0) is 13.7. The van der Waals surface area contributed by atoms with Gasteiger partial charge < -0.3 is 15.1 Å². The maximum Gasteiger partial charge on any atom is 0.251 e. The lowest BCUT2D eigenvalue weighted by Crippen LogP contribution is -2.19. The first-order valence-electron chi connectivity index (χ1n) is 6.30. The quantitative estimate of drug-likeness (QED) is 0.867. The smallest absolute Gasteiger partial charge is 0.251 e. The van der Waals surface area contributed by atoms with Crippen LogP contribution in [0.5, 0.6) is 0 Å². The van der Waals surface area contributed by atoms with Crippen molar-refractivity contribution < 1.29 is 9.21 Å². The Morgan fingerprint density at radius 3 is 2.58 bits per heavy atom. The number of hydrogen-bond donors (Lipinski definition) is 2. The van der Waals surface area contributed by atoms with Crippen molar-refractivity contribution in [3.63, 3.8) is 0 Å². The van der Waals surface area contributed by atoms with Gasteiger partial charge in [-0.3, -0.25) is 4.79 Å². The summed E-state index contributed by atoms with van der Waals surface area (Å²) < 4.78 is 5.31. The lowest BCUT2D eigenvalue weighted by molar-refractivity contribution is 0.0963. The summed E-state index contributed by atoms with van der Waals surface area (Å²) in [6, 6.07) is 11.5. The Morgan fingerprint density at radius 1 is 1.26 bits per heavy atom. The van der Waals surface area contributed by atoms with Crippen LogP contribution in [0.15, 0.2) is 47.1 Å². The van der Waals surface area contributed by atoms with Gasteiger partial charge in [-0.05, 0) is 43.3 Å². The molecule has 4 nitrogen and oxygen atoms in total. The molecule has 19 heavy (non-hydrogen) atoms. The fourth-order valence-corrected chi connectivity index (χ4v) is 1.93. The molecule has 0 spiro atoms. The third-order valence-corrected chi connectivity index (χ3v) is 2.87. The highest BCUT2D eigenvalue weighted by molar-refractivity contribution is 5.94. The van der Waals surface area contributed by atoms with Crippen molar-refractivity contribution in [3.05, 3.63) is 54.0 Å². The molecule has 0 radical (unpaired) electrons. The summed E-state index contributed by atoms with van der Waals surface area (Å²) in [4.78, 5) is 11.4. The summed E-state index contributed by atoms with van der Waals surface area (Å²) in [5.74, 6) is 0.886. The van der Waals surface area contributed by atoms with Gasteiger partial charge in [-0.15, -0.1) is 0 Å². The van der Waals surface area contributed by atoms with Crippen LogP contribution in [0.3, 0.4) is 0 Å². The standard InChI is InChI=1S/C15H18N2O2/c1-11(10-14-4-3-9-19-14)17-13-7-5-12(6-8-13)15(18)16-2/h3-9,11,17H,10H2,1-2H3,(H,16,18). The Balaban J connectivity index is 1.93. The summed E-state index contributed by atoms with van der Waals surface area (Å²) in [5, 5.41) is 5.97. The molecule has 0 saturated heterocycles. The molecule has 2 N–H and O–H groups in total. The Bertz CT molecular complexity index is 518. The molecule has 1 unspecified atom stereocenters. The molecule has 1 heterocycles. The van der Waals surface area contributed by atoms with Crippen LogP contribution >= 0.6 is 0 Å². The van der Waals surface area contributed by atoms with Gasteiger partial charge in [0.25, 0.3) is 5.91 Å². The molecule has 1 aromatic heterocycles. The zero-order valence-corrected chi connectivity index (χ0v) is 11.1. The van der Waals surface area contributed by atoms with Gasteiger partial charge in [-0.2, -0.15) is 0 Å². The fourth-order valence-electron chi connectivity index (χ4n) is 1.93. The van der Waals surface area contributed by atoms with Crippen LogP contribution in [-0.2, 0) is 6.42 Å². The normalized spacial score (nSPS) is 11.9. The van der Waals surface area contributed by atoms with E-state index >= 15 is 0 Å². The van der Waals surface area contributed by atoms with E-state index < -0.39 is 0 Å². The first-order chi connectivity index (χ1) is 9.19. The minimum absolute atomic E-state index is 0.0739. The van der Waals surface area contributed by atoms with Gasteiger partial charge in [0.05, 0.1) is 6.26 Å². The SMILES string of the molecule is CNC(=O)c1ccc(NC(C)Cc2ccco2)cc1. The van der Waals surface area contributed by atoms with Gasteiger partial charge >= 0.3 is 0 Å². The second kappa shape index (κ2) is 6.09. The second-order valence-electron chi connectivity index (χ2n) is 4.49. The van der Waals surface area contributed by atoms with Crippen molar-refractivity contribution in [2.75, 3.05) is 12.4 Å². The molecule has 2 aromatic rings. The third kappa shape index (κ3) is 3.61. The average Bonchev–Trinajstić information content (AvgIpc) is 2.91. The highest BCUT2D eigenvalue weighted by Gasteiger charge is 2.07. The third-order valence-electron chi connectivity index (χ3n) is 2.87. The van der Waals surface area contributed by atoms with Gasteiger partial charge in [0.15, 0.2) is 0 Å². The highest BCUT2D eigenvalue weighted by Crippen LogP contribution is 2.13. The van der Waals surface area contributed by atoms with Crippen molar-refractivity contribution >= 4 is 11.6 Å². The molecule has 0 fully saturated rings. The molecule has 1 amide bonds. The van der Waals surface area contributed by atoms with E-state index in [1.807, 2.05) is 24.3 Å². The van der Waals surface area contributed by atoms with Crippen molar-refractivity contribution in [2.45, 2.75) is 19.4 Å². The first kappa shape index (κ1) is 13.2. The number of amides is 1. The Morgan fingerprint density at radius 2 is 2.00 bits per heavy atom. The lowest BCUT2D eigenvalue weighted by atomic mass is 10.1. The molecule has 0 aliphatic carbocycles. The molecule has 0 aliphatic rings. The topological polar surface area (TPSA) is 54.3 Å². The van der Waals surface area contributed by atoms with Crippen LogP contribution in [0.2, 0.25) is 0 Å². The first-order valence-corrected chi connectivity index (χ1v) is 6.30. The number of furan rings is 1. The molecule has 0 saturated carbocycles. The van der Waals surface area contributed by atoms with E-state index in [0.29, 0.717) is 5.56 Å². The highest BCUT2D eigenvalue weighted by atomic mass is 16.3. The maximum atomic E-state index is 11.4. The minimum Gasteiger partial charge on any atom is -0.469 e. The predicted molar refractivity (Wildman–Crippen MR) is 75.3 cm³/mol. The van der Waals surface area contributed by atoms with Gasteiger partial charge in [-0.1, -0.05) is 0 Å². The van der Waals surface area contributed by atoms with Gasteiger partial charge in [0, 0.05) is 30.8 Å². The summed E-state index contributed by atoms with van der Waals surface area (Å²) in [6.45, 7) is 2.09. The van der Waals surface area contributed by atoms with Crippen LogP contribution in [0.4, 0.5) is 5.69 Å². The molecule has 0 bridgehead atoms. The summed E-state index contributed by atoms with van der Waals surface area (Å²) in [6.07, 6.45) is 2.50. The predicted octanol–water partition coefficient (Wildman–Crippen LogP) is 2.68. The van der Waals surface area contributed by atoms with E-state index in [9.17, 15) is 4.79 Å². The zero-order valence-electron chi connectivity index (χ0n) is 11.1. The van der Waals surface area contributed by atoms with Gasteiger partial charge in [0.1, 0.15) is 5.76 Å². The molecule has 2 rings (SSSR count). The molecular formula is C15H18N2O2. The number of benzene rings is 1. The number of carbonyl (C=O) groups is 1. The summed E-state index contributed by atoms with van der Waals surface area (Å²) >= 11 is 0. The minimum atomic E-state index is -0.0739. The molecule has 0 aliphatic heterocycles. The monoisotopic (exact) mass is 258 g/mol. The van der Waals surface area contributed by atoms with Gasteiger partial charge in [-0.25, -0.2) is 0 Å². The number of carbonyl (C=O) groups excluding carboxylic acids is 1. The average molecular weight is 258 g/mol. The molecule has 100 valence electrons. The second-order valence-corrected chi connectivity index (χ2v) is 4.49. The van der Waals surface area contributed by atoms with Crippen molar-refractivity contribution in [1.82, 2.24) is 5.32 Å². The largest absolute Gasteiger partial charge is 0.469 e. The maximum absolute atomic E-state index is 11.4. The van der Waals surface area contributed by atoms with Crippen molar-refractivity contribution in [3.8, 4) is 0 Å². The molecule has 1 aromatic carbocycles. The van der Waals surface area contributed by atoms with E-state index in [1.165, 1.54) is 0 Å². The molecule has 1 atom stereocenters. The summed E-state index contributed by atoms with van der Waals surface area (Å²) in [5.41, 5.74) is 1.65. The van der Waals surface area contributed by atoms with E-state index in [1.54, 1.807) is 25.4 Å². The number of rotatable bonds is 5. The molecule has 4 heteroatoms. The Hall–Kier alpha value is -2.23. The van der Waals surface area contributed by atoms with Crippen LogP contribution in [0.1, 0.15) is 23.0 Å². The van der Waals surface area contributed by atoms with E-state index in [4.69, 9.17) is 4.42 Å². The van der Waals surface area contributed by atoms with E-state index in [0.717, 1.165) is 17.9 Å². The van der Waals surface area contributed by atoms with Gasteiger partial charge in [0.2, 0.25) is 0 Å². The van der Waals surface area contributed by atoms with Crippen LogP contribution in [0.25, 0.3) is 0 Å². The number of nitrogens with one attached hydrogen (secondary N) is 2. The molecular weight excluding hydrogens is 240 g/mol. The van der Waals surface area contributed by atoms with E-state index in [-0.39, 0.29) is 11.9 Å². The van der Waals surface area contributed by atoms with Crippen LogP contribution in [-0.4, -0.2) is 19.0 Å². The van der Waals surface area contributed by atoms with Crippen molar-refractivity contribution in [1.29, 1.82) is 0 Å². The fraction of sp³-hybridized carbons (Fsp3) is 0.267. The van der Waals surface area contributed by atoms with Crippen molar-refractivity contribution in [2.24, 2.45) is 0 Å².